The fraction of sp³-hybridized carbons (Fsp3) is 0.100. The predicted molar refractivity (Wildman–Crippen MR) is 63.8 cm³/mol. The zero-order valence-electron chi connectivity index (χ0n) is 8.05. The number of nitrogens with zero attached hydrogens (tertiary/aromatic N) is 1. The molecular formula is C10H4Br2F3NO. The van der Waals surface area contributed by atoms with Crippen LogP contribution in [0.5, 0.6) is 5.75 Å². The Morgan fingerprint density at radius 2 is 1.88 bits per heavy atom. The maximum Gasteiger partial charge on any atom is 0.573 e. The van der Waals surface area contributed by atoms with Crippen molar-refractivity contribution in [2.45, 2.75) is 6.36 Å². The van der Waals surface area contributed by atoms with Gasteiger partial charge < -0.3 is 4.74 Å². The Kier molecular flexibility index (Phi) is 3.31. The number of hydrogen-bond donors (Lipinski definition) is 0. The predicted octanol–water partition coefficient (Wildman–Crippen LogP) is 4.66. The SMILES string of the molecule is FC(F)(F)Oc1ccc2c(Br)c(Br)cnc2c1. The Bertz CT molecular complexity index is 571. The van der Waals surface area contributed by atoms with Gasteiger partial charge in [-0.25, -0.2) is 0 Å². The van der Waals surface area contributed by atoms with Crippen LogP contribution < -0.4 is 4.74 Å². The highest BCUT2D eigenvalue weighted by molar-refractivity contribution is 9.13. The van der Waals surface area contributed by atoms with E-state index in [2.05, 4.69) is 41.6 Å². The molecule has 0 saturated carbocycles. The molecule has 0 fully saturated rings. The highest BCUT2D eigenvalue weighted by atomic mass is 79.9. The number of benzene rings is 1. The highest BCUT2D eigenvalue weighted by Gasteiger charge is 2.31. The van der Waals surface area contributed by atoms with Crippen LogP contribution >= 0.6 is 31.9 Å². The van der Waals surface area contributed by atoms with E-state index in [1.165, 1.54) is 24.4 Å². The van der Waals surface area contributed by atoms with E-state index in [1.54, 1.807) is 0 Å². The molecule has 0 aliphatic rings. The van der Waals surface area contributed by atoms with Crippen LogP contribution in [0.1, 0.15) is 0 Å². The van der Waals surface area contributed by atoms with E-state index >= 15 is 0 Å². The summed E-state index contributed by atoms with van der Waals surface area (Å²) in [7, 11) is 0. The second-order valence-corrected chi connectivity index (χ2v) is 4.79. The summed E-state index contributed by atoms with van der Waals surface area (Å²) in [5.41, 5.74) is 0.418. The summed E-state index contributed by atoms with van der Waals surface area (Å²) in [5.74, 6) is -0.285. The summed E-state index contributed by atoms with van der Waals surface area (Å²) >= 11 is 6.58. The molecule has 2 aromatic rings. The lowest BCUT2D eigenvalue weighted by molar-refractivity contribution is -0.274. The average molecular weight is 371 g/mol. The van der Waals surface area contributed by atoms with Crippen LogP contribution in [-0.2, 0) is 0 Å². The number of halogens is 5. The second-order valence-electron chi connectivity index (χ2n) is 3.15. The van der Waals surface area contributed by atoms with Crippen molar-refractivity contribution < 1.29 is 17.9 Å². The lowest BCUT2D eigenvalue weighted by Crippen LogP contribution is -2.17. The number of alkyl halides is 3. The van der Waals surface area contributed by atoms with Gasteiger partial charge in [0.25, 0.3) is 0 Å². The standard InChI is InChI=1S/C10H4Br2F3NO/c11-7-4-16-8-3-5(17-10(13,14)15)1-2-6(8)9(7)12/h1-4H. The molecule has 17 heavy (non-hydrogen) atoms. The lowest BCUT2D eigenvalue weighted by Gasteiger charge is -2.09. The van der Waals surface area contributed by atoms with Crippen LogP contribution in [0.2, 0.25) is 0 Å². The fourth-order valence-corrected chi connectivity index (χ4v) is 2.07. The minimum Gasteiger partial charge on any atom is -0.406 e. The Labute approximate surface area is 111 Å². The van der Waals surface area contributed by atoms with Crippen LogP contribution in [0, 0.1) is 0 Å². The van der Waals surface area contributed by atoms with Gasteiger partial charge in [-0.15, -0.1) is 13.2 Å². The largest absolute Gasteiger partial charge is 0.573 e. The molecule has 0 radical (unpaired) electrons. The summed E-state index contributed by atoms with van der Waals surface area (Å²) in [4.78, 5) is 4.01. The molecule has 0 spiro atoms. The van der Waals surface area contributed by atoms with E-state index in [0.717, 1.165) is 8.95 Å². The second kappa shape index (κ2) is 4.45. The van der Waals surface area contributed by atoms with Crippen LogP contribution in [-0.4, -0.2) is 11.3 Å². The molecule has 0 aliphatic carbocycles. The number of fused-ring (bicyclic) bond motifs is 1. The Morgan fingerprint density at radius 3 is 2.53 bits per heavy atom. The third kappa shape index (κ3) is 2.90. The zero-order chi connectivity index (χ0) is 12.6. The summed E-state index contributed by atoms with van der Waals surface area (Å²) in [5, 5.41) is 0.703. The van der Waals surface area contributed by atoms with Gasteiger partial charge >= 0.3 is 6.36 Å². The van der Waals surface area contributed by atoms with Crippen molar-refractivity contribution in [3.05, 3.63) is 33.3 Å². The molecule has 1 aromatic heterocycles. The topological polar surface area (TPSA) is 22.1 Å². The number of ether oxygens (including phenoxy) is 1. The molecule has 0 atom stereocenters. The molecule has 2 rings (SSSR count). The van der Waals surface area contributed by atoms with Gasteiger partial charge in [0.2, 0.25) is 0 Å². The molecule has 0 amide bonds. The van der Waals surface area contributed by atoms with E-state index in [4.69, 9.17) is 0 Å². The summed E-state index contributed by atoms with van der Waals surface area (Å²) in [6, 6.07) is 3.99. The molecule has 1 heterocycles. The highest BCUT2D eigenvalue weighted by Crippen LogP contribution is 2.32. The van der Waals surface area contributed by atoms with Crippen molar-refractivity contribution in [2.24, 2.45) is 0 Å². The minimum atomic E-state index is -4.69. The van der Waals surface area contributed by atoms with Crippen molar-refractivity contribution in [2.75, 3.05) is 0 Å². The third-order valence-electron chi connectivity index (χ3n) is 1.97. The maximum atomic E-state index is 12.0. The normalized spacial score (nSPS) is 11.8. The van der Waals surface area contributed by atoms with Crippen LogP contribution in [0.4, 0.5) is 13.2 Å². The van der Waals surface area contributed by atoms with Crippen LogP contribution in [0.25, 0.3) is 10.9 Å². The first kappa shape index (κ1) is 12.6. The molecular weight excluding hydrogens is 367 g/mol. The zero-order valence-corrected chi connectivity index (χ0v) is 11.2. The van der Waals surface area contributed by atoms with Gasteiger partial charge in [0, 0.05) is 22.1 Å². The molecule has 0 saturated heterocycles. The first-order valence-corrected chi connectivity index (χ1v) is 5.95. The Hall–Kier alpha value is -0.820. The summed E-state index contributed by atoms with van der Waals surface area (Å²) < 4.78 is 41.4. The molecule has 2 nitrogen and oxygen atoms in total. The van der Waals surface area contributed by atoms with E-state index < -0.39 is 6.36 Å². The van der Waals surface area contributed by atoms with Gasteiger partial charge in [0.1, 0.15) is 5.75 Å². The maximum absolute atomic E-state index is 12.0. The number of pyridine rings is 1. The van der Waals surface area contributed by atoms with Gasteiger partial charge in [-0.05, 0) is 44.0 Å². The molecule has 1 aromatic carbocycles. The van der Waals surface area contributed by atoms with Gasteiger partial charge in [0.05, 0.1) is 9.99 Å². The molecule has 0 aliphatic heterocycles. The molecule has 0 unspecified atom stereocenters. The van der Waals surface area contributed by atoms with E-state index in [-0.39, 0.29) is 5.75 Å². The first-order valence-electron chi connectivity index (χ1n) is 4.36. The van der Waals surface area contributed by atoms with Gasteiger partial charge in [-0.1, -0.05) is 0 Å². The number of rotatable bonds is 1. The Balaban J connectivity index is 2.49. The van der Waals surface area contributed by atoms with Gasteiger partial charge in [-0.2, -0.15) is 0 Å². The van der Waals surface area contributed by atoms with Crippen molar-refractivity contribution in [1.82, 2.24) is 4.98 Å². The molecule has 0 bridgehead atoms. The van der Waals surface area contributed by atoms with Crippen LogP contribution in [0.3, 0.4) is 0 Å². The Morgan fingerprint density at radius 1 is 1.18 bits per heavy atom. The molecule has 90 valence electrons. The quantitative estimate of drug-likeness (QED) is 0.728. The number of hydrogen-bond acceptors (Lipinski definition) is 2. The van der Waals surface area contributed by atoms with E-state index in [1.807, 2.05) is 0 Å². The summed E-state index contributed by atoms with van der Waals surface area (Å²) in [6.07, 6.45) is -3.19. The van der Waals surface area contributed by atoms with Crippen molar-refractivity contribution in [3.8, 4) is 5.75 Å². The van der Waals surface area contributed by atoms with Crippen molar-refractivity contribution in [1.29, 1.82) is 0 Å². The van der Waals surface area contributed by atoms with E-state index in [0.29, 0.717) is 10.9 Å². The average Bonchev–Trinajstić information content (AvgIpc) is 2.21. The van der Waals surface area contributed by atoms with E-state index in [9.17, 15) is 13.2 Å². The van der Waals surface area contributed by atoms with Crippen LogP contribution in [0.15, 0.2) is 33.3 Å². The smallest absolute Gasteiger partial charge is 0.406 e. The van der Waals surface area contributed by atoms with Gasteiger partial charge in [-0.3, -0.25) is 4.98 Å². The molecule has 0 N–H and O–H groups in total. The summed E-state index contributed by atoms with van der Waals surface area (Å²) in [6.45, 7) is 0. The van der Waals surface area contributed by atoms with Gasteiger partial charge in [0.15, 0.2) is 0 Å². The number of aromatic nitrogens is 1. The monoisotopic (exact) mass is 369 g/mol. The minimum absolute atomic E-state index is 0.285. The molecule has 7 heteroatoms. The van der Waals surface area contributed by atoms with Crippen molar-refractivity contribution >= 4 is 42.8 Å². The first-order chi connectivity index (χ1) is 7.87. The lowest BCUT2D eigenvalue weighted by atomic mass is 10.2. The van der Waals surface area contributed by atoms with Crippen molar-refractivity contribution in [3.63, 3.8) is 0 Å². The fourth-order valence-electron chi connectivity index (χ4n) is 1.31. The third-order valence-corrected chi connectivity index (χ3v) is 3.95.